The van der Waals surface area contributed by atoms with Crippen molar-refractivity contribution in [3.8, 4) is 11.5 Å². The van der Waals surface area contributed by atoms with Crippen molar-refractivity contribution in [1.82, 2.24) is 10.2 Å². The van der Waals surface area contributed by atoms with Crippen molar-refractivity contribution in [3.63, 3.8) is 0 Å². The summed E-state index contributed by atoms with van der Waals surface area (Å²) in [6, 6.07) is 3.33. The number of nitro groups is 1. The third-order valence-electron chi connectivity index (χ3n) is 4.36. The molecule has 126 valence electrons. The Kier molecular flexibility index (Phi) is 4.68. The van der Waals surface area contributed by atoms with Gasteiger partial charge in [0.2, 0.25) is 6.79 Å². The molecule has 0 aromatic heterocycles. The number of rotatable bonds is 5. The van der Waals surface area contributed by atoms with Crippen molar-refractivity contribution in [2.45, 2.75) is 26.3 Å². The summed E-state index contributed by atoms with van der Waals surface area (Å²) < 4.78 is 10.7. The Morgan fingerprint density at radius 3 is 2.52 bits per heavy atom. The third kappa shape index (κ3) is 3.40. The van der Waals surface area contributed by atoms with Gasteiger partial charge in [0, 0.05) is 32.2 Å². The monoisotopic (exact) mass is 321 g/mol. The Morgan fingerprint density at radius 2 is 1.91 bits per heavy atom. The Labute approximate surface area is 135 Å². The summed E-state index contributed by atoms with van der Waals surface area (Å²) in [5.74, 6) is 1.51. The molecule has 7 nitrogen and oxygen atoms in total. The minimum absolute atomic E-state index is 0.0204. The molecule has 2 heterocycles. The van der Waals surface area contributed by atoms with Crippen LogP contribution in [0.3, 0.4) is 0 Å². The van der Waals surface area contributed by atoms with Gasteiger partial charge in [0.1, 0.15) is 0 Å². The van der Waals surface area contributed by atoms with E-state index in [2.05, 4.69) is 24.1 Å². The quantitative estimate of drug-likeness (QED) is 0.662. The van der Waals surface area contributed by atoms with E-state index in [1.165, 1.54) is 6.07 Å². The van der Waals surface area contributed by atoms with E-state index in [9.17, 15) is 10.1 Å². The molecule has 7 heteroatoms. The molecule has 0 amide bonds. The smallest absolute Gasteiger partial charge is 0.278 e. The Bertz CT molecular complexity index is 585. The SMILES string of the molecule is CC(C)C[C@H](c1cc2c(cc1[N+](=O)[O-])OCO2)N1CCNCC1. The van der Waals surface area contributed by atoms with Crippen LogP contribution in [0.25, 0.3) is 0 Å². The molecular weight excluding hydrogens is 298 g/mol. The lowest BCUT2D eigenvalue weighted by molar-refractivity contribution is -0.386. The van der Waals surface area contributed by atoms with E-state index in [-0.39, 0.29) is 23.4 Å². The average molecular weight is 321 g/mol. The standard InChI is InChI=1S/C16H23N3O4/c1-11(2)7-13(18-5-3-17-4-6-18)12-8-15-16(23-10-22-15)9-14(12)19(20)21/h8-9,11,13,17H,3-7,10H2,1-2H3/t13-/m1/s1. The largest absolute Gasteiger partial charge is 0.454 e. The van der Waals surface area contributed by atoms with Crippen molar-refractivity contribution >= 4 is 5.69 Å². The number of nitro benzene ring substituents is 1. The fraction of sp³-hybridized carbons (Fsp3) is 0.625. The maximum Gasteiger partial charge on any atom is 0.278 e. The summed E-state index contributed by atoms with van der Waals surface area (Å²) in [6.45, 7) is 8.02. The lowest BCUT2D eigenvalue weighted by Crippen LogP contribution is -2.45. The molecule has 2 aliphatic heterocycles. The second kappa shape index (κ2) is 6.72. The van der Waals surface area contributed by atoms with Crippen LogP contribution >= 0.6 is 0 Å². The molecule has 1 aromatic rings. The molecular formula is C16H23N3O4. The van der Waals surface area contributed by atoms with Gasteiger partial charge in [-0.3, -0.25) is 15.0 Å². The maximum absolute atomic E-state index is 11.6. The summed E-state index contributed by atoms with van der Waals surface area (Å²) in [7, 11) is 0. The summed E-state index contributed by atoms with van der Waals surface area (Å²) in [5, 5.41) is 14.9. The molecule has 2 aliphatic rings. The molecule has 0 unspecified atom stereocenters. The first-order valence-corrected chi connectivity index (χ1v) is 8.09. The van der Waals surface area contributed by atoms with Crippen molar-refractivity contribution in [2.75, 3.05) is 33.0 Å². The van der Waals surface area contributed by atoms with E-state index >= 15 is 0 Å². The van der Waals surface area contributed by atoms with Crippen LogP contribution in [-0.2, 0) is 0 Å². The van der Waals surface area contributed by atoms with Crippen LogP contribution in [0.15, 0.2) is 12.1 Å². The molecule has 1 aromatic carbocycles. The Balaban J connectivity index is 2.01. The lowest BCUT2D eigenvalue weighted by Gasteiger charge is -2.36. The lowest BCUT2D eigenvalue weighted by atomic mass is 9.93. The zero-order chi connectivity index (χ0) is 16.4. The molecule has 0 bridgehead atoms. The van der Waals surface area contributed by atoms with Crippen molar-refractivity contribution in [3.05, 3.63) is 27.8 Å². The van der Waals surface area contributed by atoms with Gasteiger partial charge in [-0.05, 0) is 18.4 Å². The van der Waals surface area contributed by atoms with Crippen LogP contribution in [0.4, 0.5) is 5.69 Å². The molecule has 0 aliphatic carbocycles. The van der Waals surface area contributed by atoms with E-state index in [1.54, 1.807) is 6.07 Å². The van der Waals surface area contributed by atoms with E-state index in [0.717, 1.165) is 38.2 Å². The third-order valence-corrected chi connectivity index (χ3v) is 4.36. The number of benzene rings is 1. The normalized spacial score (nSPS) is 19.1. The maximum atomic E-state index is 11.6. The molecule has 23 heavy (non-hydrogen) atoms. The predicted octanol–water partition coefficient (Wildman–Crippen LogP) is 2.32. The van der Waals surface area contributed by atoms with Gasteiger partial charge in [0.15, 0.2) is 11.5 Å². The minimum atomic E-state index is -0.313. The van der Waals surface area contributed by atoms with Gasteiger partial charge in [-0.25, -0.2) is 0 Å². The second-order valence-electron chi connectivity index (χ2n) is 6.45. The van der Waals surface area contributed by atoms with Crippen LogP contribution in [0.2, 0.25) is 0 Å². The summed E-state index contributed by atoms with van der Waals surface area (Å²) >= 11 is 0. The molecule has 3 rings (SSSR count). The van der Waals surface area contributed by atoms with Gasteiger partial charge in [-0.2, -0.15) is 0 Å². The van der Waals surface area contributed by atoms with E-state index in [1.807, 2.05) is 0 Å². The van der Waals surface area contributed by atoms with Crippen LogP contribution in [0.1, 0.15) is 31.9 Å². The average Bonchev–Trinajstić information content (AvgIpc) is 2.99. The predicted molar refractivity (Wildman–Crippen MR) is 85.9 cm³/mol. The molecule has 1 N–H and O–H groups in total. The van der Waals surface area contributed by atoms with Crippen LogP contribution < -0.4 is 14.8 Å². The topological polar surface area (TPSA) is 76.9 Å². The number of fused-ring (bicyclic) bond motifs is 1. The molecule has 0 spiro atoms. The molecule has 1 atom stereocenters. The van der Waals surface area contributed by atoms with E-state index in [4.69, 9.17) is 9.47 Å². The number of nitrogens with one attached hydrogen (secondary N) is 1. The highest BCUT2D eigenvalue weighted by Gasteiger charge is 2.32. The molecule has 1 saturated heterocycles. The van der Waals surface area contributed by atoms with Gasteiger partial charge < -0.3 is 14.8 Å². The van der Waals surface area contributed by atoms with Crippen molar-refractivity contribution in [1.29, 1.82) is 0 Å². The van der Waals surface area contributed by atoms with Crippen molar-refractivity contribution in [2.24, 2.45) is 5.92 Å². The zero-order valence-corrected chi connectivity index (χ0v) is 13.6. The summed E-state index contributed by atoms with van der Waals surface area (Å²) in [6.07, 6.45) is 0.875. The van der Waals surface area contributed by atoms with Gasteiger partial charge in [-0.15, -0.1) is 0 Å². The highest BCUT2D eigenvalue weighted by molar-refractivity contribution is 5.56. The van der Waals surface area contributed by atoms with Crippen LogP contribution in [0, 0.1) is 16.0 Å². The van der Waals surface area contributed by atoms with Crippen LogP contribution in [0.5, 0.6) is 11.5 Å². The highest BCUT2D eigenvalue weighted by Crippen LogP contribution is 2.43. The Morgan fingerprint density at radius 1 is 1.26 bits per heavy atom. The Hall–Kier alpha value is -1.86. The van der Waals surface area contributed by atoms with Crippen molar-refractivity contribution < 1.29 is 14.4 Å². The van der Waals surface area contributed by atoms with E-state index in [0.29, 0.717) is 17.4 Å². The minimum Gasteiger partial charge on any atom is -0.454 e. The fourth-order valence-electron chi connectivity index (χ4n) is 3.29. The number of nitrogens with zero attached hydrogens (tertiary/aromatic N) is 2. The summed E-state index contributed by atoms with van der Waals surface area (Å²) in [5.41, 5.74) is 0.855. The van der Waals surface area contributed by atoms with Gasteiger partial charge in [0.05, 0.1) is 16.6 Å². The second-order valence-corrected chi connectivity index (χ2v) is 6.45. The fourth-order valence-corrected chi connectivity index (χ4v) is 3.29. The van der Waals surface area contributed by atoms with Gasteiger partial charge in [0.25, 0.3) is 5.69 Å². The number of hydrogen-bond donors (Lipinski definition) is 1. The number of ether oxygens (including phenoxy) is 2. The zero-order valence-electron chi connectivity index (χ0n) is 13.6. The first-order chi connectivity index (χ1) is 11.1. The van der Waals surface area contributed by atoms with Crippen LogP contribution in [-0.4, -0.2) is 42.8 Å². The molecule has 1 fully saturated rings. The molecule has 0 saturated carbocycles. The highest BCUT2D eigenvalue weighted by atomic mass is 16.7. The van der Waals surface area contributed by atoms with Gasteiger partial charge in [-0.1, -0.05) is 13.8 Å². The first-order valence-electron chi connectivity index (χ1n) is 8.09. The first kappa shape index (κ1) is 16.0. The number of piperazine rings is 1. The summed E-state index contributed by atoms with van der Waals surface area (Å²) in [4.78, 5) is 13.6. The van der Waals surface area contributed by atoms with E-state index < -0.39 is 0 Å². The molecule has 0 radical (unpaired) electrons. The number of hydrogen-bond acceptors (Lipinski definition) is 6. The van der Waals surface area contributed by atoms with Gasteiger partial charge >= 0.3 is 0 Å².